The smallest absolute Gasteiger partial charge is 0.321 e. The first kappa shape index (κ1) is 14.5. The summed E-state index contributed by atoms with van der Waals surface area (Å²) in [4.78, 5) is 23.8. The van der Waals surface area contributed by atoms with Gasteiger partial charge in [-0.15, -0.1) is 11.8 Å². The molecule has 0 aliphatic rings. The van der Waals surface area contributed by atoms with E-state index in [2.05, 4.69) is 0 Å². The van der Waals surface area contributed by atoms with Crippen LogP contribution in [0.5, 0.6) is 0 Å². The van der Waals surface area contributed by atoms with E-state index < -0.39 is 12.0 Å². The van der Waals surface area contributed by atoms with Crippen LogP contribution in [0.4, 0.5) is 5.69 Å². The van der Waals surface area contributed by atoms with Crippen molar-refractivity contribution in [3.63, 3.8) is 0 Å². The Morgan fingerprint density at radius 2 is 2.00 bits per heavy atom. The SMILES string of the molecule is CN(C(=O)CSCC(N)C(=O)O)c1ccccc1. The van der Waals surface area contributed by atoms with E-state index in [1.807, 2.05) is 30.3 Å². The molecule has 1 atom stereocenters. The third kappa shape index (κ3) is 4.38. The van der Waals surface area contributed by atoms with Gasteiger partial charge in [0.2, 0.25) is 5.91 Å². The van der Waals surface area contributed by atoms with Crippen molar-refractivity contribution in [3.05, 3.63) is 30.3 Å². The minimum atomic E-state index is -1.05. The molecule has 0 aliphatic heterocycles. The fourth-order valence-electron chi connectivity index (χ4n) is 1.24. The minimum Gasteiger partial charge on any atom is -0.480 e. The van der Waals surface area contributed by atoms with Gasteiger partial charge in [0.1, 0.15) is 6.04 Å². The van der Waals surface area contributed by atoms with Crippen LogP contribution in [0.25, 0.3) is 0 Å². The van der Waals surface area contributed by atoms with E-state index in [4.69, 9.17) is 10.8 Å². The molecule has 6 heteroatoms. The molecule has 1 aromatic rings. The number of carboxylic acids is 1. The van der Waals surface area contributed by atoms with Crippen molar-refractivity contribution in [2.45, 2.75) is 6.04 Å². The number of para-hydroxylation sites is 1. The summed E-state index contributed by atoms with van der Waals surface area (Å²) in [6.45, 7) is 0. The quantitative estimate of drug-likeness (QED) is 0.797. The van der Waals surface area contributed by atoms with E-state index in [0.29, 0.717) is 0 Å². The van der Waals surface area contributed by atoms with Crippen LogP contribution in [-0.2, 0) is 9.59 Å². The number of nitrogens with two attached hydrogens (primary N) is 1. The summed E-state index contributed by atoms with van der Waals surface area (Å²) in [6, 6.07) is 8.34. The number of amides is 1. The number of hydrogen-bond donors (Lipinski definition) is 2. The first-order valence-electron chi connectivity index (χ1n) is 5.40. The normalized spacial score (nSPS) is 11.9. The third-order valence-electron chi connectivity index (χ3n) is 2.36. The molecule has 0 aliphatic carbocycles. The maximum Gasteiger partial charge on any atom is 0.321 e. The van der Waals surface area contributed by atoms with Gasteiger partial charge in [0, 0.05) is 18.5 Å². The number of carboxylic acid groups (broad SMARTS) is 1. The Bertz CT molecular complexity index is 411. The van der Waals surface area contributed by atoms with Crippen molar-refractivity contribution in [2.75, 3.05) is 23.5 Å². The van der Waals surface area contributed by atoms with Crippen molar-refractivity contribution in [1.82, 2.24) is 0 Å². The lowest BCUT2D eigenvalue weighted by atomic mass is 10.3. The van der Waals surface area contributed by atoms with Gasteiger partial charge in [-0.1, -0.05) is 18.2 Å². The molecule has 0 bridgehead atoms. The number of carbonyl (C=O) groups is 2. The van der Waals surface area contributed by atoms with Crippen LogP contribution in [0, 0.1) is 0 Å². The fraction of sp³-hybridized carbons (Fsp3) is 0.333. The zero-order valence-electron chi connectivity index (χ0n) is 10.1. The summed E-state index contributed by atoms with van der Waals surface area (Å²) in [5.41, 5.74) is 6.16. The molecule has 98 valence electrons. The van der Waals surface area contributed by atoms with Gasteiger partial charge in [0.15, 0.2) is 0 Å². The Morgan fingerprint density at radius 3 is 2.56 bits per heavy atom. The summed E-state index contributed by atoms with van der Waals surface area (Å²) < 4.78 is 0. The Kier molecular flexibility index (Phi) is 5.67. The molecular weight excluding hydrogens is 252 g/mol. The summed E-state index contributed by atoms with van der Waals surface area (Å²) in [6.07, 6.45) is 0. The van der Waals surface area contributed by atoms with Gasteiger partial charge in [0.05, 0.1) is 5.75 Å². The first-order valence-corrected chi connectivity index (χ1v) is 6.55. The van der Waals surface area contributed by atoms with Crippen LogP contribution < -0.4 is 10.6 Å². The largest absolute Gasteiger partial charge is 0.480 e. The first-order chi connectivity index (χ1) is 8.52. The van der Waals surface area contributed by atoms with Crippen molar-refractivity contribution >= 4 is 29.3 Å². The number of anilines is 1. The molecule has 0 saturated carbocycles. The summed E-state index contributed by atoms with van der Waals surface area (Å²) in [7, 11) is 1.69. The number of rotatable bonds is 6. The fourth-order valence-corrected chi connectivity index (χ4v) is 2.12. The zero-order chi connectivity index (χ0) is 13.5. The summed E-state index contributed by atoms with van der Waals surface area (Å²) >= 11 is 1.22. The number of aliphatic carboxylic acids is 1. The molecule has 0 fully saturated rings. The highest BCUT2D eigenvalue weighted by atomic mass is 32.2. The lowest BCUT2D eigenvalue weighted by molar-refractivity contribution is -0.137. The minimum absolute atomic E-state index is 0.0798. The molecule has 5 nitrogen and oxygen atoms in total. The molecule has 18 heavy (non-hydrogen) atoms. The second-order valence-corrected chi connectivity index (χ2v) is 4.78. The van der Waals surface area contributed by atoms with Crippen molar-refractivity contribution in [3.8, 4) is 0 Å². The Labute approximate surface area is 110 Å². The van der Waals surface area contributed by atoms with Gasteiger partial charge in [-0.2, -0.15) is 0 Å². The molecule has 0 spiro atoms. The molecule has 1 unspecified atom stereocenters. The van der Waals surface area contributed by atoms with Gasteiger partial charge >= 0.3 is 5.97 Å². The maximum absolute atomic E-state index is 11.8. The topological polar surface area (TPSA) is 83.6 Å². The van der Waals surface area contributed by atoms with Gasteiger partial charge < -0.3 is 15.7 Å². The third-order valence-corrected chi connectivity index (χ3v) is 3.40. The van der Waals surface area contributed by atoms with E-state index in [1.165, 1.54) is 11.8 Å². The van der Waals surface area contributed by atoms with Crippen LogP contribution in [-0.4, -0.2) is 41.6 Å². The van der Waals surface area contributed by atoms with Crippen LogP contribution in [0.15, 0.2) is 30.3 Å². The number of hydrogen-bond acceptors (Lipinski definition) is 4. The van der Waals surface area contributed by atoms with E-state index in [1.54, 1.807) is 11.9 Å². The second kappa shape index (κ2) is 7.03. The zero-order valence-corrected chi connectivity index (χ0v) is 10.9. The lowest BCUT2D eigenvalue weighted by Gasteiger charge is -2.17. The molecule has 1 rings (SSSR count). The van der Waals surface area contributed by atoms with Crippen LogP contribution in [0.1, 0.15) is 0 Å². The molecule has 0 radical (unpaired) electrons. The van der Waals surface area contributed by atoms with Crippen LogP contribution in [0.2, 0.25) is 0 Å². The average Bonchev–Trinajstić information content (AvgIpc) is 2.38. The number of carbonyl (C=O) groups excluding carboxylic acids is 1. The standard InChI is InChI=1S/C12H16N2O3S/c1-14(9-5-3-2-4-6-9)11(15)8-18-7-10(13)12(16)17/h2-6,10H,7-8,13H2,1H3,(H,16,17). The Hall–Kier alpha value is -1.53. The molecule has 0 saturated heterocycles. The van der Waals surface area contributed by atoms with Crippen molar-refractivity contribution in [2.24, 2.45) is 5.73 Å². The van der Waals surface area contributed by atoms with Gasteiger partial charge in [-0.05, 0) is 12.1 Å². The molecule has 3 N–H and O–H groups in total. The lowest BCUT2D eigenvalue weighted by Crippen LogP contribution is -2.34. The van der Waals surface area contributed by atoms with E-state index in [-0.39, 0.29) is 17.4 Å². The molecule has 1 amide bonds. The molecule has 1 aromatic carbocycles. The average molecular weight is 268 g/mol. The monoisotopic (exact) mass is 268 g/mol. The summed E-state index contributed by atoms with van der Waals surface area (Å²) in [5.74, 6) is -0.689. The van der Waals surface area contributed by atoms with Crippen LogP contribution >= 0.6 is 11.8 Å². The predicted octanol–water partition coefficient (Wildman–Crippen LogP) is 0.794. The van der Waals surface area contributed by atoms with Crippen molar-refractivity contribution < 1.29 is 14.7 Å². The summed E-state index contributed by atoms with van der Waals surface area (Å²) in [5, 5.41) is 8.60. The van der Waals surface area contributed by atoms with E-state index in [0.717, 1.165) is 5.69 Å². The molecule has 0 aromatic heterocycles. The molecular formula is C12H16N2O3S. The van der Waals surface area contributed by atoms with E-state index in [9.17, 15) is 9.59 Å². The number of nitrogens with zero attached hydrogens (tertiary/aromatic N) is 1. The van der Waals surface area contributed by atoms with Crippen LogP contribution in [0.3, 0.4) is 0 Å². The predicted molar refractivity (Wildman–Crippen MR) is 72.8 cm³/mol. The van der Waals surface area contributed by atoms with Crippen molar-refractivity contribution in [1.29, 1.82) is 0 Å². The van der Waals surface area contributed by atoms with Gasteiger partial charge in [0.25, 0.3) is 0 Å². The highest BCUT2D eigenvalue weighted by molar-refractivity contribution is 8.00. The Balaban J connectivity index is 2.40. The second-order valence-electron chi connectivity index (χ2n) is 3.75. The van der Waals surface area contributed by atoms with Gasteiger partial charge in [-0.3, -0.25) is 9.59 Å². The highest BCUT2D eigenvalue weighted by Gasteiger charge is 2.14. The van der Waals surface area contributed by atoms with Gasteiger partial charge in [-0.25, -0.2) is 0 Å². The van der Waals surface area contributed by atoms with E-state index >= 15 is 0 Å². The number of thioether (sulfide) groups is 1. The highest BCUT2D eigenvalue weighted by Crippen LogP contribution is 2.13. The Morgan fingerprint density at radius 1 is 1.39 bits per heavy atom. The maximum atomic E-state index is 11.8. The molecule has 0 heterocycles. The number of benzene rings is 1.